The molecule has 2 aromatic rings. The highest BCUT2D eigenvalue weighted by Gasteiger charge is 2.36. The van der Waals surface area contributed by atoms with Gasteiger partial charge < -0.3 is 4.74 Å². The zero-order valence-corrected chi connectivity index (χ0v) is 17.4. The minimum absolute atomic E-state index is 0.00296. The Hall–Kier alpha value is -2.49. The lowest BCUT2D eigenvalue weighted by Gasteiger charge is -2.41. The number of allylic oxidation sites excluding steroid dienone is 1. The lowest BCUT2D eigenvalue weighted by Crippen LogP contribution is -2.30. The van der Waals surface area contributed by atoms with Gasteiger partial charge in [-0.15, -0.1) is 6.58 Å². The van der Waals surface area contributed by atoms with Crippen molar-refractivity contribution in [1.82, 2.24) is 0 Å². The van der Waals surface area contributed by atoms with Gasteiger partial charge in [0.1, 0.15) is 5.75 Å². The quantitative estimate of drug-likeness (QED) is 0.309. The fourth-order valence-electron chi connectivity index (χ4n) is 5.23. The summed E-state index contributed by atoms with van der Waals surface area (Å²) in [7, 11) is 0. The molecule has 0 aromatic heterocycles. The summed E-state index contributed by atoms with van der Waals surface area (Å²) < 4.78 is 34.9. The zero-order chi connectivity index (χ0) is 21.3. The SMILES string of the molecule is C=CC1CCC2CC(c3ccc(C(=O)Oc4ccc(C)cc4)c(F)c3F)CCC2C1. The van der Waals surface area contributed by atoms with E-state index in [-0.39, 0.29) is 11.5 Å². The fourth-order valence-corrected chi connectivity index (χ4v) is 5.23. The van der Waals surface area contributed by atoms with E-state index in [0.29, 0.717) is 29.1 Å². The van der Waals surface area contributed by atoms with Crippen LogP contribution in [0.25, 0.3) is 0 Å². The highest BCUT2D eigenvalue weighted by Crippen LogP contribution is 2.48. The minimum atomic E-state index is -1.11. The number of esters is 1. The normalized spacial score (nSPS) is 26.0. The van der Waals surface area contributed by atoms with Gasteiger partial charge in [0, 0.05) is 0 Å². The average Bonchev–Trinajstić information content (AvgIpc) is 2.76. The van der Waals surface area contributed by atoms with Crippen molar-refractivity contribution in [1.29, 1.82) is 0 Å². The molecule has 0 aliphatic heterocycles. The summed E-state index contributed by atoms with van der Waals surface area (Å²) in [6, 6.07) is 9.79. The van der Waals surface area contributed by atoms with Gasteiger partial charge in [-0.1, -0.05) is 29.8 Å². The molecule has 2 aliphatic carbocycles. The Morgan fingerprint density at radius 2 is 1.67 bits per heavy atom. The summed E-state index contributed by atoms with van der Waals surface area (Å²) in [5, 5.41) is 0. The van der Waals surface area contributed by atoms with Crippen LogP contribution in [0.4, 0.5) is 8.78 Å². The first-order valence-electron chi connectivity index (χ1n) is 10.9. The van der Waals surface area contributed by atoms with E-state index < -0.39 is 17.6 Å². The van der Waals surface area contributed by atoms with Gasteiger partial charge in [0.2, 0.25) is 0 Å². The molecule has 4 heteroatoms. The summed E-state index contributed by atoms with van der Waals surface area (Å²) in [6.45, 7) is 5.84. The maximum absolute atomic E-state index is 14.9. The molecule has 0 N–H and O–H groups in total. The van der Waals surface area contributed by atoms with Crippen LogP contribution >= 0.6 is 0 Å². The van der Waals surface area contributed by atoms with E-state index >= 15 is 0 Å². The Labute approximate surface area is 177 Å². The van der Waals surface area contributed by atoms with E-state index in [0.717, 1.165) is 37.7 Å². The molecule has 4 atom stereocenters. The number of aryl methyl sites for hydroxylation is 1. The second-order valence-corrected chi connectivity index (χ2v) is 8.87. The number of carbonyl (C=O) groups excluding carboxylic acids is 1. The lowest BCUT2D eigenvalue weighted by atomic mass is 9.64. The van der Waals surface area contributed by atoms with E-state index in [1.165, 1.54) is 12.5 Å². The predicted molar refractivity (Wildman–Crippen MR) is 114 cm³/mol. The van der Waals surface area contributed by atoms with E-state index in [9.17, 15) is 13.6 Å². The van der Waals surface area contributed by atoms with Crippen LogP contribution in [0.15, 0.2) is 49.1 Å². The van der Waals surface area contributed by atoms with Crippen LogP contribution in [0.3, 0.4) is 0 Å². The first kappa shape index (κ1) is 20.8. The molecule has 2 saturated carbocycles. The molecule has 0 heterocycles. The first-order chi connectivity index (χ1) is 14.5. The second kappa shape index (κ2) is 8.71. The molecular weight excluding hydrogens is 382 g/mol. The summed E-state index contributed by atoms with van der Waals surface area (Å²) >= 11 is 0. The van der Waals surface area contributed by atoms with Crippen LogP contribution in [0.5, 0.6) is 5.75 Å². The number of fused-ring (bicyclic) bond motifs is 1. The molecule has 2 fully saturated rings. The molecule has 0 spiro atoms. The van der Waals surface area contributed by atoms with E-state index in [1.54, 1.807) is 30.3 Å². The summed E-state index contributed by atoms with van der Waals surface area (Å²) in [5.74, 6) is -0.767. The second-order valence-electron chi connectivity index (χ2n) is 8.87. The summed E-state index contributed by atoms with van der Waals surface area (Å²) in [6.07, 6.45) is 8.28. The third-order valence-corrected chi connectivity index (χ3v) is 6.99. The number of rotatable bonds is 4. The molecule has 0 saturated heterocycles. The molecule has 158 valence electrons. The minimum Gasteiger partial charge on any atom is -0.423 e. The van der Waals surface area contributed by atoms with Gasteiger partial charge in [0.05, 0.1) is 5.56 Å². The Balaban J connectivity index is 1.48. The van der Waals surface area contributed by atoms with E-state index in [4.69, 9.17) is 4.74 Å². The lowest BCUT2D eigenvalue weighted by molar-refractivity contribution is 0.0728. The van der Waals surface area contributed by atoms with Crippen LogP contribution < -0.4 is 4.74 Å². The number of hydrogen-bond donors (Lipinski definition) is 0. The molecular formula is C26H28F2O2. The molecule has 0 bridgehead atoms. The topological polar surface area (TPSA) is 26.3 Å². The van der Waals surface area contributed by atoms with Gasteiger partial charge in [0.15, 0.2) is 11.6 Å². The van der Waals surface area contributed by atoms with Gasteiger partial charge in [-0.25, -0.2) is 13.6 Å². The standard InChI is InChI=1S/C26H28F2O2/c1-3-17-6-7-19-15-20(9-8-18(19)14-17)22-12-13-23(25(28)24(22)27)26(29)30-21-10-4-16(2)5-11-21/h3-5,10-13,17-20H,1,6-9,14-15H2,2H3. The Morgan fingerprint density at radius 1 is 0.967 bits per heavy atom. The largest absolute Gasteiger partial charge is 0.423 e. The van der Waals surface area contributed by atoms with Crippen molar-refractivity contribution in [3.05, 3.63) is 77.4 Å². The maximum atomic E-state index is 14.9. The van der Waals surface area contributed by atoms with Crippen molar-refractivity contribution in [2.45, 2.75) is 51.4 Å². The monoisotopic (exact) mass is 410 g/mol. The molecule has 30 heavy (non-hydrogen) atoms. The van der Waals surface area contributed by atoms with Gasteiger partial charge in [-0.3, -0.25) is 0 Å². The van der Waals surface area contributed by atoms with Crippen LogP contribution in [0.1, 0.15) is 65.9 Å². The van der Waals surface area contributed by atoms with Crippen molar-refractivity contribution in [2.24, 2.45) is 17.8 Å². The number of carbonyl (C=O) groups is 1. The summed E-state index contributed by atoms with van der Waals surface area (Å²) in [5.41, 5.74) is 1.05. The van der Waals surface area contributed by atoms with Crippen molar-refractivity contribution >= 4 is 5.97 Å². The first-order valence-corrected chi connectivity index (χ1v) is 10.9. The molecule has 4 rings (SSSR count). The maximum Gasteiger partial charge on any atom is 0.346 e. The van der Waals surface area contributed by atoms with Crippen molar-refractivity contribution in [3.63, 3.8) is 0 Å². The Morgan fingerprint density at radius 3 is 2.40 bits per heavy atom. The predicted octanol–water partition coefficient (Wildman–Crippen LogP) is 6.98. The molecule has 0 amide bonds. The third-order valence-electron chi connectivity index (χ3n) is 6.99. The highest BCUT2D eigenvalue weighted by molar-refractivity contribution is 5.91. The Bertz CT molecular complexity index is 935. The average molecular weight is 411 g/mol. The highest BCUT2D eigenvalue weighted by atomic mass is 19.2. The molecule has 2 aromatic carbocycles. The van der Waals surface area contributed by atoms with Gasteiger partial charge in [-0.05, 0) is 92.9 Å². The van der Waals surface area contributed by atoms with Crippen molar-refractivity contribution in [3.8, 4) is 5.75 Å². The Kier molecular flexibility index (Phi) is 6.03. The number of hydrogen-bond acceptors (Lipinski definition) is 2. The van der Waals surface area contributed by atoms with E-state index in [2.05, 4.69) is 12.7 Å². The van der Waals surface area contributed by atoms with Crippen LogP contribution in [-0.4, -0.2) is 5.97 Å². The van der Waals surface area contributed by atoms with Crippen LogP contribution in [-0.2, 0) is 0 Å². The van der Waals surface area contributed by atoms with Crippen LogP contribution in [0.2, 0.25) is 0 Å². The number of halogens is 2. The van der Waals surface area contributed by atoms with Gasteiger partial charge >= 0.3 is 5.97 Å². The number of ether oxygens (including phenoxy) is 1. The van der Waals surface area contributed by atoms with Crippen molar-refractivity contribution in [2.75, 3.05) is 0 Å². The smallest absolute Gasteiger partial charge is 0.346 e. The van der Waals surface area contributed by atoms with E-state index in [1.807, 2.05) is 6.92 Å². The molecule has 4 unspecified atom stereocenters. The molecule has 2 nitrogen and oxygen atoms in total. The summed E-state index contributed by atoms with van der Waals surface area (Å²) in [4.78, 5) is 12.4. The molecule has 0 radical (unpaired) electrons. The molecule has 2 aliphatic rings. The van der Waals surface area contributed by atoms with Gasteiger partial charge in [0.25, 0.3) is 0 Å². The third kappa shape index (κ3) is 4.19. The van der Waals surface area contributed by atoms with Gasteiger partial charge in [-0.2, -0.15) is 0 Å². The number of benzene rings is 2. The van der Waals surface area contributed by atoms with Crippen molar-refractivity contribution < 1.29 is 18.3 Å². The fraction of sp³-hybridized carbons (Fsp3) is 0.423. The zero-order valence-electron chi connectivity index (χ0n) is 17.4. The van der Waals surface area contributed by atoms with Crippen LogP contribution in [0, 0.1) is 36.3 Å².